The number of furan rings is 1. The van der Waals surface area contributed by atoms with Gasteiger partial charge in [-0.05, 0) is 36.6 Å². The minimum Gasteiger partial charge on any atom is -0.469 e. The molecule has 0 radical (unpaired) electrons. The average molecular weight is 315 g/mol. The molecule has 0 aliphatic heterocycles. The van der Waals surface area contributed by atoms with Gasteiger partial charge < -0.3 is 4.42 Å². The number of halogens is 2. The lowest BCUT2D eigenvalue weighted by atomic mass is 10.1. The van der Waals surface area contributed by atoms with Gasteiger partial charge in [0.15, 0.2) is 0 Å². The van der Waals surface area contributed by atoms with E-state index in [1.807, 2.05) is 18.2 Å². The van der Waals surface area contributed by atoms with Crippen LogP contribution in [0.5, 0.6) is 0 Å². The van der Waals surface area contributed by atoms with Crippen LogP contribution in [-0.2, 0) is 12.8 Å². The van der Waals surface area contributed by atoms with E-state index in [4.69, 9.17) is 16.0 Å². The number of aryl methyl sites for hydroxylation is 1. The van der Waals surface area contributed by atoms with Crippen molar-refractivity contribution < 1.29 is 4.42 Å². The van der Waals surface area contributed by atoms with E-state index >= 15 is 0 Å². The van der Waals surface area contributed by atoms with Gasteiger partial charge in [-0.3, -0.25) is 4.98 Å². The van der Waals surface area contributed by atoms with E-state index < -0.39 is 0 Å². The quantitative estimate of drug-likeness (QED) is 0.770. The highest BCUT2D eigenvalue weighted by Crippen LogP contribution is 2.21. The molecule has 0 aliphatic rings. The van der Waals surface area contributed by atoms with Crippen LogP contribution in [0.15, 0.2) is 41.3 Å². The molecule has 90 valence electrons. The van der Waals surface area contributed by atoms with Gasteiger partial charge in [0.25, 0.3) is 0 Å². The van der Waals surface area contributed by atoms with Gasteiger partial charge in [0, 0.05) is 23.6 Å². The predicted octanol–water partition coefficient (Wildman–Crippen LogP) is 4.27. The third-order valence-electron chi connectivity index (χ3n) is 2.58. The maximum absolute atomic E-state index is 6.07. The van der Waals surface area contributed by atoms with Crippen molar-refractivity contribution in [3.05, 3.63) is 53.2 Å². The lowest BCUT2D eigenvalue weighted by molar-refractivity contribution is 0.500. The topological polar surface area (TPSA) is 26.0 Å². The Balaban J connectivity index is 1.85. The zero-order valence-corrected chi connectivity index (χ0v) is 11.6. The summed E-state index contributed by atoms with van der Waals surface area (Å²) in [6.45, 7) is 0. The molecule has 4 heteroatoms. The van der Waals surface area contributed by atoms with Crippen LogP contribution in [0, 0.1) is 0 Å². The molecule has 0 fully saturated rings. The summed E-state index contributed by atoms with van der Waals surface area (Å²) in [6.07, 6.45) is 8.02. The first kappa shape index (κ1) is 12.7. The van der Waals surface area contributed by atoms with E-state index in [-0.39, 0.29) is 0 Å². The van der Waals surface area contributed by atoms with E-state index in [1.165, 1.54) is 0 Å². The Kier molecular flexibility index (Phi) is 4.63. The molecule has 0 bridgehead atoms. The van der Waals surface area contributed by atoms with Crippen molar-refractivity contribution in [3.63, 3.8) is 0 Å². The van der Waals surface area contributed by atoms with Crippen LogP contribution < -0.4 is 0 Å². The molecule has 2 rings (SSSR count). The maximum Gasteiger partial charge on any atom is 0.103 e. The number of rotatable bonds is 5. The lowest BCUT2D eigenvalue weighted by Gasteiger charge is -2.09. The molecule has 17 heavy (non-hydrogen) atoms. The van der Waals surface area contributed by atoms with Gasteiger partial charge in [0.2, 0.25) is 0 Å². The molecule has 2 heterocycles. The Morgan fingerprint density at radius 3 is 3.00 bits per heavy atom. The smallest absolute Gasteiger partial charge is 0.103 e. The Morgan fingerprint density at radius 2 is 2.29 bits per heavy atom. The molecule has 0 aliphatic carbocycles. The van der Waals surface area contributed by atoms with Crippen molar-refractivity contribution in [2.45, 2.75) is 24.1 Å². The highest BCUT2D eigenvalue weighted by Gasteiger charge is 2.09. The Hall–Kier alpha value is -0.800. The number of hydrogen-bond acceptors (Lipinski definition) is 2. The fourth-order valence-electron chi connectivity index (χ4n) is 1.66. The minimum absolute atomic E-state index is 0.396. The van der Waals surface area contributed by atoms with E-state index in [2.05, 4.69) is 20.9 Å². The first-order valence-electron chi connectivity index (χ1n) is 5.50. The first-order chi connectivity index (χ1) is 8.25. The number of alkyl halides is 1. The second-order valence-electron chi connectivity index (χ2n) is 3.89. The van der Waals surface area contributed by atoms with Crippen LogP contribution in [0.25, 0.3) is 0 Å². The molecule has 0 saturated heterocycles. The van der Waals surface area contributed by atoms with Crippen LogP contribution in [-0.4, -0.2) is 9.81 Å². The largest absolute Gasteiger partial charge is 0.469 e. The van der Waals surface area contributed by atoms with Crippen LogP contribution >= 0.6 is 27.5 Å². The van der Waals surface area contributed by atoms with Crippen LogP contribution in [0.3, 0.4) is 0 Å². The highest BCUT2D eigenvalue weighted by atomic mass is 79.9. The summed E-state index contributed by atoms with van der Waals surface area (Å²) in [5.74, 6) is 1.02. The molecule has 2 aromatic heterocycles. The molecule has 0 spiro atoms. The van der Waals surface area contributed by atoms with Gasteiger partial charge in [-0.25, -0.2) is 0 Å². The van der Waals surface area contributed by atoms with Gasteiger partial charge >= 0.3 is 0 Å². The Bertz CT molecular complexity index is 458. The number of nitrogens with zero attached hydrogens (tertiary/aromatic N) is 1. The van der Waals surface area contributed by atoms with Crippen molar-refractivity contribution in [2.75, 3.05) is 0 Å². The van der Waals surface area contributed by atoms with Crippen molar-refractivity contribution >= 4 is 27.5 Å². The third-order valence-corrected chi connectivity index (χ3v) is 3.70. The Morgan fingerprint density at radius 1 is 1.41 bits per heavy atom. The van der Waals surface area contributed by atoms with Crippen molar-refractivity contribution in [3.8, 4) is 0 Å². The lowest BCUT2D eigenvalue weighted by Crippen LogP contribution is -2.04. The number of hydrogen-bond donors (Lipinski definition) is 0. The molecule has 0 aromatic carbocycles. The van der Waals surface area contributed by atoms with E-state index in [9.17, 15) is 0 Å². The summed E-state index contributed by atoms with van der Waals surface area (Å²) in [6, 6.07) is 5.88. The Labute approximate surface area is 114 Å². The summed E-state index contributed by atoms with van der Waals surface area (Å²) < 4.78 is 5.30. The van der Waals surface area contributed by atoms with Gasteiger partial charge in [0.1, 0.15) is 5.76 Å². The van der Waals surface area contributed by atoms with Crippen LogP contribution in [0.4, 0.5) is 0 Å². The summed E-state index contributed by atoms with van der Waals surface area (Å²) in [5, 5.41) is 0.731. The minimum atomic E-state index is 0.396. The maximum atomic E-state index is 6.07. The van der Waals surface area contributed by atoms with Crippen LogP contribution in [0.1, 0.15) is 17.7 Å². The van der Waals surface area contributed by atoms with Crippen LogP contribution in [0.2, 0.25) is 5.02 Å². The van der Waals surface area contributed by atoms with Gasteiger partial charge in [-0.15, -0.1) is 0 Å². The van der Waals surface area contributed by atoms with Gasteiger partial charge in [-0.2, -0.15) is 0 Å². The molecule has 2 nitrogen and oxygen atoms in total. The first-order valence-corrected chi connectivity index (χ1v) is 6.80. The third kappa shape index (κ3) is 3.86. The predicted molar refractivity (Wildman–Crippen MR) is 72.7 cm³/mol. The summed E-state index contributed by atoms with van der Waals surface area (Å²) in [5.41, 5.74) is 1.13. The second-order valence-corrected chi connectivity index (χ2v) is 5.59. The number of pyridine rings is 1. The molecule has 1 unspecified atom stereocenters. The number of aromatic nitrogens is 1. The van der Waals surface area contributed by atoms with E-state index in [0.717, 1.165) is 35.6 Å². The molecular weight excluding hydrogens is 302 g/mol. The summed E-state index contributed by atoms with van der Waals surface area (Å²) >= 11 is 9.74. The standard InChI is InChI=1S/C13H13BrClNO/c14-11(3-4-12-2-1-7-17-12)8-10-5-6-16-9-13(10)15/h1-2,5-7,9,11H,3-4,8H2. The molecule has 1 atom stereocenters. The molecule has 2 aromatic rings. The normalized spacial score (nSPS) is 12.6. The fourth-order valence-corrected chi connectivity index (χ4v) is 2.44. The second kappa shape index (κ2) is 6.22. The van der Waals surface area contributed by atoms with E-state index in [0.29, 0.717) is 4.83 Å². The monoisotopic (exact) mass is 313 g/mol. The van der Waals surface area contributed by atoms with Crippen molar-refractivity contribution in [1.29, 1.82) is 0 Å². The van der Waals surface area contributed by atoms with Crippen molar-refractivity contribution in [1.82, 2.24) is 4.98 Å². The van der Waals surface area contributed by atoms with Gasteiger partial charge in [-0.1, -0.05) is 27.5 Å². The van der Waals surface area contributed by atoms with Gasteiger partial charge in [0.05, 0.1) is 11.3 Å². The molecular formula is C13H13BrClNO. The summed E-state index contributed by atoms with van der Waals surface area (Å²) in [7, 11) is 0. The fraction of sp³-hybridized carbons (Fsp3) is 0.308. The zero-order valence-electron chi connectivity index (χ0n) is 9.27. The highest BCUT2D eigenvalue weighted by molar-refractivity contribution is 9.09. The average Bonchev–Trinajstić information content (AvgIpc) is 2.82. The van der Waals surface area contributed by atoms with Crippen molar-refractivity contribution in [2.24, 2.45) is 0 Å². The molecule has 0 saturated carbocycles. The zero-order chi connectivity index (χ0) is 12.1. The molecule has 0 N–H and O–H groups in total. The van der Waals surface area contributed by atoms with E-state index in [1.54, 1.807) is 18.7 Å². The molecule has 0 amide bonds. The SMILES string of the molecule is Clc1cnccc1CC(Br)CCc1ccco1. The summed E-state index contributed by atoms with van der Waals surface area (Å²) in [4.78, 5) is 4.37.